The van der Waals surface area contributed by atoms with E-state index < -0.39 is 0 Å². The molecule has 1 aliphatic heterocycles. The quantitative estimate of drug-likeness (QED) is 0.714. The second-order valence-corrected chi connectivity index (χ2v) is 6.45. The van der Waals surface area contributed by atoms with Gasteiger partial charge in [0, 0.05) is 17.8 Å². The van der Waals surface area contributed by atoms with E-state index in [1.165, 1.54) is 6.39 Å². The van der Waals surface area contributed by atoms with Crippen molar-refractivity contribution >= 4 is 11.7 Å². The number of likely N-dealkylation sites (tertiary alicyclic amines) is 1. The molecule has 3 aromatic rings. The fourth-order valence-corrected chi connectivity index (χ4v) is 3.43. The summed E-state index contributed by atoms with van der Waals surface area (Å²) in [6.07, 6.45) is 8.85. The highest BCUT2D eigenvalue weighted by molar-refractivity contribution is 5.90. The Morgan fingerprint density at radius 2 is 2.12 bits per heavy atom. The van der Waals surface area contributed by atoms with E-state index in [0.29, 0.717) is 5.76 Å². The molecule has 0 saturated carbocycles. The minimum absolute atomic E-state index is 0.0232. The zero-order valence-corrected chi connectivity index (χ0v) is 14.4. The zero-order chi connectivity index (χ0) is 17.8. The van der Waals surface area contributed by atoms with Crippen molar-refractivity contribution in [1.29, 1.82) is 0 Å². The molecule has 1 atom stereocenters. The molecule has 2 aromatic heterocycles. The first kappa shape index (κ1) is 16.4. The van der Waals surface area contributed by atoms with Crippen molar-refractivity contribution in [3.8, 4) is 11.3 Å². The molecule has 1 unspecified atom stereocenters. The van der Waals surface area contributed by atoms with Gasteiger partial charge in [-0.2, -0.15) is 0 Å². The van der Waals surface area contributed by atoms with E-state index >= 15 is 0 Å². The maximum Gasteiger partial charge on any atom is 0.322 e. The van der Waals surface area contributed by atoms with Crippen molar-refractivity contribution in [2.24, 2.45) is 0 Å². The summed E-state index contributed by atoms with van der Waals surface area (Å²) in [5, 5.41) is 3.02. The molecule has 1 aromatic carbocycles. The Hall–Kier alpha value is -3.02. The molecular weight excluding hydrogens is 330 g/mol. The highest BCUT2D eigenvalue weighted by Gasteiger charge is 2.28. The third-order valence-electron chi connectivity index (χ3n) is 4.72. The van der Waals surface area contributed by atoms with Crippen molar-refractivity contribution in [3.63, 3.8) is 0 Å². The molecular formula is C20H21N3O3. The molecule has 26 heavy (non-hydrogen) atoms. The highest BCUT2D eigenvalue weighted by Crippen LogP contribution is 2.31. The van der Waals surface area contributed by atoms with Gasteiger partial charge in [0.15, 0.2) is 12.2 Å². The lowest BCUT2D eigenvalue weighted by Crippen LogP contribution is -2.37. The van der Waals surface area contributed by atoms with Crippen LogP contribution in [0.15, 0.2) is 64.1 Å². The van der Waals surface area contributed by atoms with Crippen LogP contribution in [0.4, 0.5) is 10.5 Å². The number of benzene rings is 1. The summed E-state index contributed by atoms with van der Waals surface area (Å²) >= 11 is 0. The number of amides is 2. The van der Waals surface area contributed by atoms with Crippen LogP contribution in [0.2, 0.25) is 0 Å². The molecule has 0 radical (unpaired) electrons. The van der Waals surface area contributed by atoms with E-state index in [0.717, 1.165) is 49.2 Å². The van der Waals surface area contributed by atoms with Crippen LogP contribution in [0.5, 0.6) is 0 Å². The van der Waals surface area contributed by atoms with Crippen molar-refractivity contribution in [2.75, 3.05) is 11.9 Å². The van der Waals surface area contributed by atoms with E-state index in [1.807, 2.05) is 41.3 Å². The van der Waals surface area contributed by atoms with E-state index in [2.05, 4.69) is 10.3 Å². The van der Waals surface area contributed by atoms with Gasteiger partial charge in [-0.1, -0.05) is 25.0 Å². The number of carbonyl (C=O) groups is 1. The number of aromatic nitrogens is 1. The molecule has 0 spiro atoms. The summed E-state index contributed by atoms with van der Waals surface area (Å²) in [5.41, 5.74) is 1.60. The first-order chi connectivity index (χ1) is 12.8. The van der Waals surface area contributed by atoms with Gasteiger partial charge in [-0.25, -0.2) is 9.78 Å². The van der Waals surface area contributed by atoms with Crippen molar-refractivity contribution in [1.82, 2.24) is 9.88 Å². The number of anilines is 1. The Balaban J connectivity index is 1.53. The molecule has 6 heteroatoms. The Labute approximate surface area is 151 Å². The van der Waals surface area contributed by atoms with Gasteiger partial charge in [0.1, 0.15) is 5.76 Å². The molecule has 0 aliphatic carbocycles. The number of urea groups is 1. The average molecular weight is 351 g/mol. The molecule has 1 saturated heterocycles. The number of oxazole rings is 1. The molecule has 1 aliphatic rings. The molecule has 0 bridgehead atoms. The lowest BCUT2D eigenvalue weighted by atomic mass is 10.1. The van der Waals surface area contributed by atoms with Gasteiger partial charge < -0.3 is 19.1 Å². The maximum atomic E-state index is 13.0. The summed E-state index contributed by atoms with van der Waals surface area (Å²) in [4.78, 5) is 18.8. The van der Waals surface area contributed by atoms with Gasteiger partial charge in [0.25, 0.3) is 0 Å². The second kappa shape index (κ2) is 7.47. The predicted octanol–water partition coefficient (Wildman–Crippen LogP) is 5.08. The average Bonchev–Trinajstić information content (AvgIpc) is 3.32. The fourth-order valence-electron chi connectivity index (χ4n) is 3.43. The van der Waals surface area contributed by atoms with Crippen LogP contribution < -0.4 is 5.32 Å². The number of carbonyl (C=O) groups excluding carboxylic acids is 1. The van der Waals surface area contributed by atoms with E-state index in [4.69, 9.17) is 8.83 Å². The molecule has 3 heterocycles. The third-order valence-corrected chi connectivity index (χ3v) is 4.72. The summed E-state index contributed by atoms with van der Waals surface area (Å²) < 4.78 is 10.9. The van der Waals surface area contributed by atoms with E-state index in [-0.39, 0.29) is 12.1 Å². The van der Waals surface area contributed by atoms with Gasteiger partial charge in [-0.3, -0.25) is 0 Å². The smallest absolute Gasteiger partial charge is 0.322 e. The summed E-state index contributed by atoms with van der Waals surface area (Å²) in [5.74, 6) is 1.52. The first-order valence-corrected chi connectivity index (χ1v) is 8.91. The summed E-state index contributed by atoms with van der Waals surface area (Å²) in [6.45, 7) is 0.721. The highest BCUT2D eigenvalue weighted by atomic mass is 16.3. The number of rotatable bonds is 3. The maximum absolute atomic E-state index is 13.0. The number of hydrogen-bond acceptors (Lipinski definition) is 4. The third kappa shape index (κ3) is 3.49. The Bertz CT molecular complexity index is 843. The SMILES string of the molecule is O=C(Nc1cccc(-c2cnco2)c1)N1CCCCCC1c1ccco1. The van der Waals surface area contributed by atoms with Gasteiger partial charge >= 0.3 is 6.03 Å². The van der Waals surface area contributed by atoms with Gasteiger partial charge in [0.05, 0.1) is 18.5 Å². The first-order valence-electron chi connectivity index (χ1n) is 8.91. The van der Waals surface area contributed by atoms with Crippen LogP contribution >= 0.6 is 0 Å². The van der Waals surface area contributed by atoms with Crippen molar-refractivity contribution in [3.05, 3.63) is 61.0 Å². The van der Waals surface area contributed by atoms with Crippen LogP contribution in [-0.2, 0) is 0 Å². The molecule has 134 valence electrons. The van der Waals surface area contributed by atoms with Crippen LogP contribution in [0.3, 0.4) is 0 Å². The summed E-state index contributed by atoms with van der Waals surface area (Å²) in [7, 11) is 0. The van der Waals surface area contributed by atoms with Crippen LogP contribution in [0, 0.1) is 0 Å². The predicted molar refractivity (Wildman–Crippen MR) is 97.6 cm³/mol. The van der Waals surface area contributed by atoms with Crippen molar-refractivity contribution < 1.29 is 13.6 Å². The molecule has 4 rings (SSSR count). The largest absolute Gasteiger partial charge is 0.467 e. The Morgan fingerprint density at radius 3 is 2.92 bits per heavy atom. The number of furan rings is 1. The monoisotopic (exact) mass is 351 g/mol. The van der Waals surface area contributed by atoms with Crippen molar-refractivity contribution in [2.45, 2.75) is 31.7 Å². The van der Waals surface area contributed by atoms with E-state index in [1.54, 1.807) is 12.5 Å². The molecule has 1 N–H and O–H groups in total. The fraction of sp³-hybridized carbons (Fsp3) is 0.300. The Kier molecular flexibility index (Phi) is 4.73. The number of hydrogen-bond donors (Lipinski definition) is 1. The lowest BCUT2D eigenvalue weighted by Gasteiger charge is -2.28. The number of nitrogens with one attached hydrogen (secondary N) is 1. The minimum atomic E-state index is -0.108. The van der Waals surface area contributed by atoms with Crippen LogP contribution in [-0.4, -0.2) is 22.5 Å². The molecule has 6 nitrogen and oxygen atoms in total. The van der Waals surface area contributed by atoms with E-state index in [9.17, 15) is 4.79 Å². The minimum Gasteiger partial charge on any atom is -0.467 e. The molecule has 1 fully saturated rings. The van der Waals surface area contributed by atoms with Gasteiger partial charge in [-0.15, -0.1) is 0 Å². The standard InChI is InChI=1S/C20H21N3O3/c24-20(22-16-7-4-6-15(12-16)19-13-21-14-26-19)23-10-3-1-2-8-17(23)18-9-5-11-25-18/h4-7,9,11-14,17H,1-3,8,10H2,(H,22,24). The topological polar surface area (TPSA) is 71.5 Å². The van der Waals surface area contributed by atoms with Gasteiger partial charge in [-0.05, 0) is 37.1 Å². The number of nitrogens with zero attached hydrogens (tertiary/aromatic N) is 2. The second-order valence-electron chi connectivity index (χ2n) is 6.45. The zero-order valence-electron chi connectivity index (χ0n) is 14.4. The lowest BCUT2D eigenvalue weighted by molar-refractivity contribution is 0.179. The molecule has 2 amide bonds. The Morgan fingerprint density at radius 1 is 1.15 bits per heavy atom. The van der Waals surface area contributed by atoms with Crippen LogP contribution in [0.1, 0.15) is 37.5 Å². The normalized spacial score (nSPS) is 17.7. The van der Waals surface area contributed by atoms with Gasteiger partial charge in [0.2, 0.25) is 0 Å². The van der Waals surface area contributed by atoms with Crippen LogP contribution in [0.25, 0.3) is 11.3 Å². The summed E-state index contributed by atoms with van der Waals surface area (Å²) in [6, 6.07) is 11.3.